The van der Waals surface area contributed by atoms with E-state index in [-0.39, 0.29) is 12.5 Å². The van der Waals surface area contributed by atoms with Crippen LogP contribution in [0.1, 0.15) is 34.0 Å². The van der Waals surface area contributed by atoms with Crippen molar-refractivity contribution in [2.45, 2.75) is 19.4 Å². The molecule has 1 aliphatic heterocycles. The number of para-hydroxylation sites is 1. The highest BCUT2D eigenvalue weighted by Gasteiger charge is 2.34. The molecule has 0 amide bonds. The van der Waals surface area contributed by atoms with Crippen molar-refractivity contribution in [2.24, 2.45) is 0 Å². The summed E-state index contributed by atoms with van der Waals surface area (Å²) >= 11 is 0. The maximum absolute atomic E-state index is 6.38. The van der Waals surface area contributed by atoms with E-state index in [1.165, 1.54) is 0 Å². The van der Waals surface area contributed by atoms with Crippen molar-refractivity contribution < 1.29 is 9.47 Å². The lowest BCUT2D eigenvalue weighted by atomic mass is 9.81. The van der Waals surface area contributed by atoms with E-state index in [4.69, 9.17) is 14.5 Å². The van der Waals surface area contributed by atoms with Crippen molar-refractivity contribution in [3.05, 3.63) is 125 Å². The van der Waals surface area contributed by atoms with Crippen molar-refractivity contribution in [3.8, 4) is 17.4 Å². The topological polar surface area (TPSA) is 61.5 Å². The first-order valence-electron chi connectivity index (χ1n) is 11.9. The van der Waals surface area contributed by atoms with E-state index in [1.807, 2.05) is 43.3 Å². The SMILES string of the molecule is Cc1ccccc1OCc1nc2c3c(ncn2n1)Oc1ccc2ccccc2c1C3c1ccccc1. The van der Waals surface area contributed by atoms with E-state index in [9.17, 15) is 0 Å². The summed E-state index contributed by atoms with van der Waals surface area (Å²) < 4.78 is 14.1. The number of aryl methyl sites for hydroxylation is 1. The Labute approximate surface area is 207 Å². The minimum Gasteiger partial charge on any atom is -0.485 e. The summed E-state index contributed by atoms with van der Waals surface area (Å²) in [7, 11) is 0. The molecule has 2 aromatic heterocycles. The zero-order chi connectivity index (χ0) is 24.1. The van der Waals surface area contributed by atoms with Gasteiger partial charge in [-0.2, -0.15) is 0 Å². The van der Waals surface area contributed by atoms with E-state index in [1.54, 1.807) is 10.8 Å². The van der Waals surface area contributed by atoms with Crippen LogP contribution in [-0.2, 0) is 6.61 Å². The van der Waals surface area contributed by atoms with Crippen molar-refractivity contribution in [1.29, 1.82) is 0 Å². The Balaban J connectivity index is 1.40. The highest BCUT2D eigenvalue weighted by Crippen LogP contribution is 2.50. The van der Waals surface area contributed by atoms with E-state index in [2.05, 4.69) is 64.7 Å². The highest BCUT2D eigenvalue weighted by atomic mass is 16.5. The van der Waals surface area contributed by atoms with Gasteiger partial charge in [-0.25, -0.2) is 14.5 Å². The molecule has 1 atom stereocenters. The van der Waals surface area contributed by atoms with Crippen molar-refractivity contribution >= 4 is 16.4 Å². The summed E-state index contributed by atoms with van der Waals surface area (Å²) in [5, 5.41) is 6.99. The second-order valence-corrected chi connectivity index (χ2v) is 8.96. The Hall–Kier alpha value is -4.71. The van der Waals surface area contributed by atoms with Gasteiger partial charge in [-0.15, -0.1) is 5.10 Å². The van der Waals surface area contributed by atoms with Gasteiger partial charge in [0, 0.05) is 11.5 Å². The molecule has 36 heavy (non-hydrogen) atoms. The fourth-order valence-corrected chi connectivity index (χ4v) is 5.05. The predicted octanol–water partition coefficient (Wildman–Crippen LogP) is 6.45. The summed E-state index contributed by atoms with van der Waals surface area (Å²) in [6.07, 6.45) is 1.66. The zero-order valence-corrected chi connectivity index (χ0v) is 19.6. The predicted molar refractivity (Wildman–Crippen MR) is 138 cm³/mol. The average molecular weight is 471 g/mol. The molecule has 0 fully saturated rings. The molecule has 7 rings (SSSR count). The fraction of sp³-hybridized carbons (Fsp3) is 0.100. The molecule has 0 saturated carbocycles. The van der Waals surface area contributed by atoms with E-state index in [0.717, 1.165) is 50.2 Å². The summed E-state index contributed by atoms with van der Waals surface area (Å²) in [4.78, 5) is 9.55. The number of rotatable bonds is 4. The smallest absolute Gasteiger partial charge is 0.228 e. The van der Waals surface area contributed by atoms with E-state index in [0.29, 0.717) is 11.7 Å². The molecule has 1 aliphatic rings. The quantitative estimate of drug-likeness (QED) is 0.296. The van der Waals surface area contributed by atoms with Crippen molar-refractivity contribution in [1.82, 2.24) is 19.6 Å². The molecular formula is C30H22N4O2. The van der Waals surface area contributed by atoms with Gasteiger partial charge in [-0.05, 0) is 41.0 Å². The summed E-state index contributed by atoms with van der Waals surface area (Å²) in [6, 6.07) is 30.9. The number of fused-ring (bicyclic) bond motifs is 6. The van der Waals surface area contributed by atoms with Crippen LogP contribution in [0.3, 0.4) is 0 Å². The third-order valence-electron chi connectivity index (χ3n) is 6.73. The molecule has 0 spiro atoms. The molecule has 0 aliphatic carbocycles. The minimum absolute atomic E-state index is 0.110. The van der Waals surface area contributed by atoms with Crippen molar-refractivity contribution in [3.63, 3.8) is 0 Å². The fourth-order valence-electron chi connectivity index (χ4n) is 5.05. The van der Waals surface area contributed by atoms with Crippen LogP contribution in [0.4, 0.5) is 0 Å². The third kappa shape index (κ3) is 3.30. The Morgan fingerprint density at radius 3 is 2.56 bits per heavy atom. The van der Waals surface area contributed by atoms with Crippen LogP contribution in [0.25, 0.3) is 16.4 Å². The third-order valence-corrected chi connectivity index (χ3v) is 6.73. The van der Waals surface area contributed by atoms with E-state index >= 15 is 0 Å². The van der Waals surface area contributed by atoms with Crippen LogP contribution in [0, 0.1) is 6.92 Å². The lowest BCUT2D eigenvalue weighted by Gasteiger charge is -2.29. The van der Waals surface area contributed by atoms with Crippen LogP contribution in [0.5, 0.6) is 17.4 Å². The first kappa shape index (κ1) is 20.6. The molecule has 174 valence electrons. The number of hydrogen-bond acceptors (Lipinski definition) is 5. The van der Waals surface area contributed by atoms with Gasteiger partial charge in [-0.3, -0.25) is 0 Å². The molecule has 3 heterocycles. The first-order valence-corrected chi connectivity index (χ1v) is 11.9. The van der Waals surface area contributed by atoms with E-state index < -0.39 is 0 Å². The normalized spacial score (nSPS) is 14.3. The molecule has 0 N–H and O–H groups in total. The number of benzene rings is 4. The lowest BCUT2D eigenvalue weighted by molar-refractivity contribution is 0.294. The molecule has 6 nitrogen and oxygen atoms in total. The zero-order valence-electron chi connectivity index (χ0n) is 19.6. The van der Waals surface area contributed by atoms with Gasteiger partial charge in [0.05, 0.1) is 5.56 Å². The van der Waals surface area contributed by atoms with Gasteiger partial charge >= 0.3 is 0 Å². The number of nitrogens with zero attached hydrogens (tertiary/aromatic N) is 4. The molecular weight excluding hydrogens is 448 g/mol. The summed E-state index contributed by atoms with van der Waals surface area (Å²) in [6.45, 7) is 2.29. The molecule has 6 heteroatoms. The van der Waals surface area contributed by atoms with Crippen LogP contribution in [0.15, 0.2) is 97.3 Å². The standard InChI is InChI=1S/C30H22N4O2/c1-19-9-5-8-14-23(19)35-17-25-32-29-28-26(21-11-3-2-4-12-21)27-22-13-7-6-10-20(22)15-16-24(27)36-30(28)31-18-34(29)33-25/h2-16,18,26H,17H2,1H3. The Kier molecular flexibility index (Phi) is 4.70. The second kappa shape index (κ2) is 8.20. The molecule has 0 saturated heterocycles. The Bertz CT molecular complexity index is 1740. The van der Waals surface area contributed by atoms with Crippen LogP contribution in [0.2, 0.25) is 0 Å². The Morgan fingerprint density at radius 1 is 0.861 bits per heavy atom. The highest BCUT2D eigenvalue weighted by molar-refractivity contribution is 5.90. The first-order chi connectivity index (χ1) is 17.8. The number of aromatic nitrogens is 4. The van der Waals surface area contributed by atoms with Gasteiger partial charge < -0.3 is 9.47 Å². The van der Waals surface area contributed by atoms with Gasteiger partial charge in [0.25, 0.3) is 0 Å². The monoisotopic (exact) mass is 470 g/mol. The van der Waals surface area contributed by atoms with Crippen LogP contribution >= 0.6 is 0 Å². The molecule has 6 aromatic rings. The van der Waals surface area contributed by atoms with Crippen LogP contribution < -0.4 is 9.47 Å². The van der Waals surface area contributed by atoms with Crippen LogP contribution in [-0.4, -0.2) is 19.6 Å². The minimum atomic E-state index is -0.110. The van der Waals surface area contributed by atoms with Gasteiger partial charge in [0.1, 0.15) is 24.4 Å². The summed E-state index contributed by atoms with van der Waals surface area (Å²) in [5.41, 5.74) is 4.96. The largest absolute Gasteiger partial charge is 0.485 e. The molecule has 0 bridgehead atoms. The van der Waals surface area contributed by atoms with Gasteiger partial charge in [-0.1, -0.05) is 78.9 Å². The van der Waals surface area contributed by atoms with Gasteiger partial charge in [0.2, 0.25) is 5.88 Å². The summed E-state index contributed by atoms with van der Waals surface area (Å²) in [5.74, 6) is 2.67. The molecule has 1 unspecified atom stereocenters. The maximum Gasteiger partial charge on any atom is 0.228 e. The maximum atomic E-state index is 6.38. The lowest BCUT2D eigenvalue weighted by Crippen LogP contribution is -2.15. The number of ether oxygens (including phenoxy) is 2. The molecule has 4 aromatic carbocycles. The Morgan fingerprint density at radius 2 is 1.67 bits per heavy atom. The number of hydrogen-bond donors (Lipinski definition) is 0. The van der Waals surface area contributed by atoms with Gasteiger partial charge in [0.15, 0.2) is 11.5 Å². The average Bonchev–Trinajstić information content (AvgIpc) is 3.35. The molecule has 0 radical (unpaired) electrons. The van der Waals surface area contributed by atoms with Crippen molar-refractivity contribution in [2.75, 3.05) is 0 Å². The second-order valence-electron chi connectivity index (χ2n) is 8.96.